The van der Waals surface area contributed by atoms with Crippen molar-refractivity contribution in [3.05, 3.63) is 32.6 Å². The number of hydrogen-bond donors (Lipinski definition) is 1. The first kappa shape index (κ1) is 12.7. The number of aromatic nitrogens is 2. The molecule has 1 rings (SSSR count). The smallest absolute Gasteiger partial charge is 0.330 e. The Hall–Kier alpha value is -1.36. The summed E-state index contributed by atoms with van der Waals surface area (Å²) in [5.41, 5.74) is 0.153. The predicted octanol–water partition coefficient (Wildman–Crippen LogP) is 0.0180. The van der Waals surface area contributed by atoms with Gasteiger partial charge in [-0.3, -0.25) is 13.9 Å². The van der Waals surface area contributed by atoms with Crippen molar-refractivity contribution in [2.45, 2.75) is 32.7 Å². The van der Waals surface area contributed by atoms with E-state index in [2.05, 4.69) is 0 Å². The summed E-state index contributed by atoms with van der Waals surface area (Å²) in [6.45, 7) is 2.54. The zero-order valence-corrected chi connectivity index (χ0v) is 9.77. The Bertz CT molecular complexity index is 459. The Balaban J connectivity index is 2.84. The summed E-state index contributed by atoms with van der Waals surface area (Å²) in [5.74, 6) is 0. The van der Waals surface area contributed by atoms with E-state index in [-0.39, 0.29) is 17.9 Å². The van der Waals surface area contributed by atoms with Gasteiger partial charge in [0.1, 0.15) is 0 Å². The fraction of sp³-hybridized carbons (Fsp3) is 0.636. The van der Waals surface area contributed by atoms with Crippen molar-refractivity contribution < 1.29 is 5.11 Å². The summed E-state index contributed by atoms with van der Waals surface area (Å²) in [6.07, 6.45) is 2.46. The van der Waals surface area contributed by atoms with Gasteiger partial charge >= 0.3 is 5.69 Å². The van der Waals surface area contributed by atoms with E-state index in [0.29, 0.717) is 12.2 Å². The molecule has 0 aliphatic carbocycles. The van der Waals surface area contributed by atoms with Gasteiger partial charge in [0.25, 0.3) is 5.56 Å². The Kier molecular flexibility index (Phi) is 4.49. The molecule has 1 aromatic heterocycles. The first-order valence-electron chi connectivity index (χ1n) is 5.46. The maximum atomic E-state index is 11.8. The number of aliphatic hydroxyl groups excluding tert-OH is 1. The monoisotopic (exact) mass is 226 g/mol. The average molecular weight is 226 g/mol. The Morgan fingerprint density at radius 3 is 2.56 bits per heavy atom. The summed E-state index contributed by atoms with van der Waals surface area (Å²) in [7, 11) is 1.48. The number of rotatable bonds is 5. The first-order chi connectivity index (χ1) is 7.57. The normalized spacial score (nSPS) is 10.7. The molecule has 90 valence electrons. The fourth-order valence-electron chi connectivity index (χ4n) is 1.61. The topological polar surface area (TPSA) is 64.2 Å². The van der Waals surface area contributed by atoms with Gasteiger partial charge in [0.2, 0.25) is 0 Å². The third-order valence-electron chi connectivity index (χ3n) is 2.65. The quantitative estimate of drug-likeness (QED) is 0.720. The van der Waals surface area contributed by atoms with Crippen LogP contribution in [-0.2, 0) is 13.6 Å². The van der Waals surface area contributed by atoms with Gasteiger partial charge in [-0.25, -0.2) is 4.79 Å². The van der Waals surface area contributed by atoms with Crippen molar-refractivity contribution in [1.29, 1.82) is 0 Å². The minimum absolute atomic E-state index is 0.182. The fourth-order valence-corrected chi connectivity index (χ4v) is 1.61. The molecule has 0 aliphatic rings. The van der Waals surface area contributed by atoms with E-state index in [9.17, 15) is 9.59 Å². The lowest BCUT2D eigenvalue weighted by atomic mass is 10.2. The molecule has 0 bridgehead atoms. The van der Waals surface area contributed by atoms with Crippen LogP contribution in [0.3, 0.4) is 0 Å². The summed E-state index contributed by atoms with van der Waals surface area (Å²) < 4.78 is 2.71. The minimum Gasteiger partial charge on any atom is -0.396 e. The molecule has 0 atom stereocenters. The van der Waals surface area contributed by atoms with E-state index in [0.717, 1.165) is 23.8 Å². The van der Waals surface area contributed by atoms with Crippen LogP contribution in [-0.4, -0.2) is 20.8 Å². The van der Waals surface area contributed by atoms with Gasteiger partial charge in [-0.1, -0.05) is 0 Å². The van der Waals surface area contributed by atoms with Crippen molar-refractivity contribution in [3.8, 4) is 0 Å². The van der Waals surface area contributed by atoms with Gasteiger partial charge in [0, 0.05) is 32.0 Å². The molecule has 0 aromatic carbocycles. The van der Waals surface area contributed by atoms with Crippen LogP contribution < -0.4 is 11.2 Å². The van der Waals surface area contributed by atoms with Crippen molar-refractivity contribution in [2.24, 2.45) is 7.05 Å². The second kappa shape index (κ2) is 5.65. The Morgan fingerprint density at radius 2 is 1.94 bits per heavy atom. The lowest BCUT2D eigenvalue weighted by Crippen LogP contribution is -2.38. The van der Waals surface area contributed by atoms with Crippen molar-refractivity contribution in [3.63, 3.8) is 0 Å². The molecule has 0 saturated heterocycles. The highest BCUT2D eigenvalue weighted by atomic mass is 16.3. The number of aliphatic hydroxyl groups is 1. The van der Waals surface area contributed by atoms with Crippen LogP contribution in [0.25, 0.3) is 0 Å². The third-order valence-corrected chi connectivity index (χ3v) is 2.65. The maximum absolute atomic E-state index is 11.8. The van der Waals surface area contributed by atoms with Crippen molar-refractivity contribution in [1.82, 2.24) is 9.13 Å². The molecule has 0 radical (unpaired) electrons. The number of hydrogen-bond acceptors (Lipinski definition) is 3. The zero-order valence-electron chi connectivity index (χ0n) is 9.77. The number of nitrogens with zero attached hydrogens (tertiary/aromatic N) is 2. The average Bonchev–Trinajstić information content (AvgIpc) is 2.25. The molecular formula is C11H18N2O3. The van der Waals surface area contributed by atoms with Crippen LogP contribution in [0.15, 0.2) is 15.7 Å². The molecule has 5 nitrogen and oxygen atoms in total. The summed E-state index contributed by atoms with van der Waals surface area (Å²) in [5, 5.41) is 8.64. The maximum Gasteiger partial charge on any atom is 0.330 e. The molecule has 1 aromatic rings. The largest absolute Gasteiger partial charge is 0.396 e. The molecule has 0 spiro atoms. The highest BCUT2D eigenvalue weighted by Gasteiger charge is 2.04. The van der Waals surface area contributed by atoms with Gasteiger partial charge in [-0.15, -0.1) is 0 Å². The summed E-state index contributed by atoms with van der Waals surface area (Å²) in [6, 6.07) is 1.47. The van der Waals surface area contributed by atoms with Gasteiger partial charge in [0.05, 0.1) is 0 Å². The molecule has 5 heteroatoms. The molecule has 0 unspecified atom stereocenters. The van der Waals surface area contributed by atoms with E-state index < -0.39 is 0 Å². The second-order valence-corrected chi connectivity index (χ2v) is 3.90. The van der Waals surface area contributed by atoms with Crippen LogP contribution in [0.4, 0.5) is 0 Å². The van der Waals surface area contributed by atoms with Gasteiger partial charge < -0.3 is 5.11 Å². The first-order valence-corrected chi connectivity index (χ1v) is 5.46. The van der Waals surface area contributed by atoms with E-state index in [1.807, 2.05) is 0 Å². The molecule has 16 heavy (non-hydrogen) atoms. The SMILES string of the molecule is Cc1cc(=O)n(C)c(=O)n1CCCCCO. The molecule has 0 fully saturated rings. The van der Waals surface area contributed by atoms with Crippen LogP contribution in [0.2, 0.25) is 0 Å². The van der Waals surface area contributed by atoms with E-state index in [4.69, 9.17) is 5.11 Å². The van der Waals surface area contributed by atoms with Crippen LogP contribution in [0.1, 0.15) is 25.0 Å². The molecule has 1 N–H and O–H groups in total. The Labute approximate surface area is 94.0 Å². The lowest BCUT2D eigenvalue weighted by molar-refractivity contribution is 0.281. The highest BCUT2D eigenvalue weighted by Crippen LogP contribution is 1.98. The van der Waals surface area contributed by atoms with Crippen LogP contribution in [0.5, 0.6) is 0 Å². The van der Waals surface area contributed by atoms with E-state index in [1.54, 1.807) is 11.5 Å². The van der Waals surface area contributed by atoms with Crippen molar-refractivity contribution in [2.75, 3.05) is 6.61 Å². The summed E-state index contributed by atoms with van der Waals surface area (Å²) in [4.78, 5) is 23.1. The third kappa shape index (κ3) is 2.82. The predicted molar refractivity (Wildman–Crippen MR) is 61.6 cm³/mol. The van der Waals surface area contributed by atoms with Gasteiger partial charge in [-0.2, -0.15) is 0 Å². The van der Waals surface area contributed by atoms with Crippen molar-refractivity contribution >= 4 is 0 Å². The molecular weight excluding hydrogens is 208 g/mol. The molecule has 0 aliphatic heterocycles. The molecule has 0 saturated carbocycles. The Morgan fingerprint density at radius 1 is 1.25 bits per heavy atom. The standard InChI is InChI=1S/C11H18N2O3/c1-9-8-10(15)12(2)11(16)13(9)6-4-3-5-7-14/h8,14H,3-7H2,1-2H3. The van der Waals surface area contributed by atoms with E-state index >= 15 is 0 Å². The molecule has 0 amide bonds. The van der Waals surface area contributed by atoms with Gasteiger partial charge in [0.15, 0.2) is 0 Å². The highest BCUT2D eigenvalue weighted by molar-refractivity contribution is 4.99. The second-order valence-electron chi connectivity index (χ2n) is 3.90. The van der Waals surface area contributed by atoms with Gasteiger partial charge in [-0.05, 0) is 26.2 Å². The summed E-state index contributed by atoms with van der Waals surface area (Å²) >= 11 is 0. The lowest BCUT2D eigenvalue weighted by Gasteiger charge is -2.10. The number of unbranched alkanes of at least 4 members (excludes halogenated alkanes) is 2. The van der Waals surface area contributed by atoms with Crippen LogP contribution in [0, 0.1) is 6.92 Å². The molecule has 1 heterocycles. The number of aryl methyl sites for hydroxylation is 1. The zero-order chi connectivity index (χ0) is 12.1. The van der Waals surface area contributed by atoms with Crippen LogP contribution >= 0.6 is 0 Å². The minimum atomic E-state index is -0.269. The van der Waals surface area contributed by atoms with E-state index in [1.165, 1.54) is 13.1 Å².